The molecular formula is C14H15F2NS. The lowest BCUT2D eigenvalue weighted by Gasteiger charge is -2.09. The molecule has 0 aliphatic heterocycles. The van der Waals surface area contributed by atoms with Gasteiger partial charge in [0.25, 0.3) is 0 Å². The van der Waals surface area contributed by atoms with E-state index in [4.69, 9.17) is 0 Å². The van der Waals surface area contributed by atoms with Gasteiger partial charge in [0.2, 0.25) is 0 Å². The second kappa shape index (κ2) is 5.59. The average molecular weight is 267 g/mol. The van der Waals surface area contributed by atoms with E-state index in [-0.39, 0.29) is 11.6 Å². The molecule has 2 rings (SSSR count). The first kappa shape index (κ1) is 13.2. The third kappa shape index (κ3) is 2.60. The van der Waals surface area contributed by atoms with Gasteiger partial charge in [-0.2, -0.15) is 0 Å². The Labute approximate surface area is 109 Å². The maximum atomic E-state index is 13.6. The molecule has 0 amide bonds. The smallest absolute Gasteiger partial charge is 0.134 e. The van der Waals surface area contributed by atoms with Crippen LogP contribution in [0, 0.1) is 11.6 Å². The second-order valence-electron chi connectivity index (χ2n) is 4.08. The van der Waals surface area contributed by atoms with Gasteiger partial charge in [-0.1, -0.05) is 13.0 Å². The number of rotatable bonds is 4. The van der Waals surface area contributed by atoms with Crippen molar-refractivity contribution in [2.75, 3.05) is 6.54 Å². The van der Waals surface area contributed by atoms with Crippen LogP contribution < -0.4 is 5.32 Å². The fraction of sp³-hybridized carbons (Fsp3) is 0.286. The van der Waals surface area contributed by atoms with E-state index in [1.165, 1.54) is 29.5 Å². The van der Waals surface area contributed by atoms with Crippen LogP contribution in [0.25, 0.3) is 10.4 Å². The maximum Gasteiger partial charge on any atom is 0.134 e. The molecule has 1 aromatic carbocycles. The topological polar surface area (TPSA) is 12.0 Å². The lowest BCUT2D eigenvalue weighted by molar-refractivity contribution is 0.590. The van der Waals surface area contributed by atoms with E-state index in [2.05, 4.69) is 5.32 Å². The fourth-order valence-corrected chi connectivity index (χ4v) is 2.94. The Kier molecular flexibility index (Phi) is 4.09. The highest BCUT2D eigenvalue weighted by atomic mass is 32.1. The van der Waals surface area contributed by atoms with Crippen molar-refractivity contribution in [1.82, 2.24) is 5.32 Å². The van der Waals surface area contributed by atoms with Gasteiger partial charge in [0, 0.05) is 15.8 Å². The summed E-state index contributed by atoms with van der Waals surface area (Å²) in [6.45, 7) is 4.93. The van der Waals surface area contributed by atoms with E-state index >= 15 is 0 Å². The van der Waals surface area contributed by atoms with Crippen molar-refractivity contribution in [2.45, 2.75) is 19.9 Å². The first-order valence-corrected chi connectivity index (χ1v) is 6.72. The van der Waals surface area contributed by atoms with Crippen molar-refractivity contribution in [2.24, 2.45) is 0 Å². The van der Waals surface area contributed by atoms with Gasteiger partial charge in [-0.15, -0.1) is 11.3 Å². The van der Waals surface area contributed by atoms with Gasteiger partial charge in [-0.05, 0) is 37.7 Å². The van der Waals surface area contributed by atoms with Gasteiger partial charge >= 0.3 is 0 Å². The van der Waals surface area contributed by atoms with E-state index in [0.717, 1.165) is 11.4 Å². The molecule has 1 atom stereocenters. The molecule has 96 valence electrons. The average Bonchev–Trinajstić information content (AvgIpc) is 2.78. The second-order valence-corrected chi connectivity index (χ2v) is 5.19. The van der Waals surface area contributed by atoms with Gasteiger partial charge in [-0.3, -0.25) is 0 Å². The molecule has 18 heavy (non-hydrogen) atoms. The number of halogens is 2. The molecular weight excluding hydrogens is 252 g/mol. The molecule has 1 heterocycles. The SMILES string of the molecule is CCNC(C)c1ccc(-c2c(F)cccc2F)s1. The third-order valence-electron chi connectivity index (χ3n) is 2.77. The van der Waals surface area contributed by atoms with Crippen LogP contribution in [0.5, 0.6) is 0 Å². The summed E-state index contributed by atoms with van der Waals surface area (Å²) in [5.74, 6) is -1.03. The van der Waals surface area contributed by atoms with Crippen LogP contribution in [-0.4, -0.2) is 6.54 Å². The summed E-state index contributed by atoms with van der Waals surface area (Å²) >= 11 is 1.42. The van der Waals surface area contributed by atoms with Crippen LogP contribution in [0.15, 0.2) is 30.3 Å². The Morgan fingerprint density at radius 1 is 1.17 bits per heavy atom. The van der Waals surface area contributed by atoms with Crippen molar-refractivity contribution < 1.29 is 8.78 Å². The molecule has 0 aliphatic carbocycles. The first-order chi connectivity index (χ1) is 8.63. The van der Waals surface area contributed by atoms with E-state index in [1.54, 1.807) is 6.07 Å². The normalized spacial score (nSPS) is 12.7. The molecule has 0 bridgehead atoms. The van der Waals surface area contributed by atoms with Gasteiger partial charge < -0.3 is 5.32 Å². The molecule has 0 radical (unpaired) electrons. The fourth-order valence-electron chi connectivity index (χ4n) is 1.86. The van der Waals surface area contributed by atoms with E-state index in [1.807, 2.05) is 19.9 Å². The number of nitrogens with one attached hydrogen (secondary N) is 1. The van der Waals surface area contributed by atoms with Gasteiger partial charge in [0.05, 0.1) is 5.56 Å². The van der Waals surface area contributed by atoms with Crippen LogP contribution in [0.2, 0.25) is 0 Å². The molecule has 0 saturated heterocycles. The lowest BCUT2D eigenvalue weighted by Crippen LogP contribution is -2.16. The molecule has 0 aliphatic rings. The van der Waals surface area contributed by atoms with Crippen LogP contribution in [0.3, 0.4) is 0 Å². The number of hydrogen-bond donors (Lipinski definition) is 1. The van der Waals surface area contributed by atoms with Crippen LogP contribution >= 0.6 is 11.3 Å². The summed E-state index contributed by atoms with van der Waals surface area (Å²) in [6.07, 6.45) is 0. The summed E-state index contributed by atoms with van der Waals surface area (Å²) in [7, 11) is 0. The Hall–Kier alpha value is -1.26. The van der Waals surface area contributed by atoms with E-state index in [0.29, 0.717) is 4.88 Å². The quantitative estimate of drug-likeness (QED) is 0.867. The first-order valence-electron chi connectivity index (χ1n) is 5.91. The predicted octanol–water partition coefficient (Wildman–Crippen LogP) is 4.36. The number of benzene rings is 1. The minimum atomic E-state index is -0.514. The van der Waals surface area contributed by atoms with Crippen LogP contribution in [0.1, 0.15) is 24.8 Å². The van der Waals surface area contributed by atoms with Crippen molar-refractivity contribution in [3.05, 3.63) is 46.8 Å². The molecule has 2 aromatic rings. The van der Waals surface area contributed by atoms with E-state index in [9.17, 15) is 8.78 Å². The Bertz CT molecular complexity index is 516. The highest BCUT2D eigenvalue weighted by Gasteiger charge is 2.14. The van der Waals surface area contributed by atoms with E-state index < -0.39 is 11.6 Å². The molecule has 4 heteroatoms. The molecule has 1 N–H and O–H groups in total. The third-order valence-corrected chi connectivity index (χ3v) is 4.06. The number of hydrogen-bond acceptors (Lipinski definition) is 2. The zero-order valence-corrected chi connectivity index (χ0v) is 11.2. The Balaban J connectivity index is 2.35. The van der Waals surface area contributed by atoms with Crippen LogP contribution in [-0.2, 0) is 0 Å². The number of thiophene rings is 1. The minimum absolute atomic E-state index is 0.0671. The van der Waals surface area contributed by atoms with Gasteiger partial charge in [0.15, 0.2) is 0 Å². The molecule has 0 saturated carbocycles. The summed E-state index contributed by atoms with van der Waals surface area (Å²) in [4.78, 5) is 1.71. The molecule has 1 nitrogen and oxygen atoms in total. The standard InChI is InChI=1S/C14H15F2NS/c1-3-17-9(2)12-7-8-13(18-12)14-10(15)5-4-6-11(14)16/h4-9,17H,3H2,1-2H3. The Morgan fingerprint density at radius 3 is 2.44 bits per heavy atom. The van der Waals surface area contributed by atoms with Crippen molar-refractivity contribution in [3.63, 3.8) is 0 Å². The van der Waals surface area contributed by atoms with Gasteiger partial charge in [-0.25, -0.2) is 8.78 Å². The van der Waals surface area contributed by atoms with Crippen molar-refractivity contribution in [3.8, 4) is 10.4 Å². The van der Waals surface area contributed by atoms with Crippen molar-refractivity contribution in [1.29, 1.82) is 0 Å². The summed E-state index contributed by atoms with van der Waals surface area (Å²) < 4.78 is 27.3. The molecule has 1 aromatic heterocycles. The zero-order valence-electron chi connectivity index (χ0n) is 10.3. The highest BCUT2D eigenvalue weighted by molar-refractivity contribution is 7.15. The molecule has 1 unspecified atom stereocenters. The highest BCUT2D eigenvalue weighted by Crippen LogP contribution is 2.34. The molecule has 0 spiro atoms. The van der Waals surface area contributed by atoms with Crippen LogP contribution in [0.4, 0.5) is 8.78 Å². The maximum absolute atomic E-state index is 13.6. The summed E-state index contributed by atoms with van der Waals surface area (Å²) in [5, 5.41) is 3.28. The monoisotopic (exact) mass is 267 g/mol. The molecule has 0 fully saturated rings. The van der Waals surface area contributed by atoms with Crippen molar-refractivity contribution >= 4 is 11.3 Å². The minimum Gasteiger partial charge on any atom is -0.310 e. The summed E-state index contributed by atoms with van der Waals surface area (Å²) in [5.41, 5.74) is 0.0671. The lowest BCUT2D eigenvalue weighted by atomic mass is 10.1. The van der Waals surface area contributed by atoms with Gasteiger partial charge in [0.1, 0.15) is 11.6 Å². The zero-order chi connectivity index (χ0) is 13.1. The Morgan fingerprint density at radius 2 is 1.83 bits per heavy atom. The predicted molar refractivity (Wildman–Crippen MR) is 71.8 cm³/mol. The summed E-state index contributed by atoms with van der Waals surface area (Å²) in [6, 6.07) is 7.83. The largest absolute Gasteiger partial charge is 0.310 e.